The van der Waals surface area contributed by atoms with Gasteiger partial charge in [-0.15, -0.1) is 11.3 Å². The Morgan fingerprint density at radius 3 is 2.60 bits per heavy atom. The fraction of sp³-hybridized carbons (Fsp3) is 0.278. The van der Waals surface area contributed by atoms with Crippen LogP contribution in [-0.2, 0) is 16.0 Å². The molecule has 0 aliphatic heterocycles. The molecule has 0 bridgehead atoms. The minimum Gasteiger partial charge on any atom is -0.462 e. The standard InChI is InChI=1S/C18H17ClN2O3S/c1-3-24-18(23)16-11(2)14(10-20)17(25-16)21-15(22)9-6-12-4-7-13(19)8-5-12/h4-5,7-8H,3,6,9H2,1-2H3,(H,21,22). The van der Waals surface area contributed by atoms with Gasteiger partial charge in [-0.3, -0.25) is 4.79 Å². The molecule has 1 N–H and O–H groups in total. The number of amides is 1. The Morgan fingerprint density at radius 1 is 1.32 bits per heavy atom. The van der Waals surface area contributed by atoms with Crippen LogP contribution in [0.3, 0.4) is 0 Å². The summed E-state index contributed by atoms with van der Waals surface area (Å²) in [6, 6.07) is 9.32. The zero-order chi connectivity index (χ0) is 18.4. The van der Waals surface area contributed by atoms with E-state index in [1.54, 1.807) is 26.0 Å². The Bertz CT molecular complexity index is 822. The molecule has 7 heteroatoms. The molecule has 0 saturated carbocycles. The maximum Gasteiger partial charge on any atom is 0.348 e. The molecule has 0 spiro atoms. The van der Waals surface area contributed by atoms with Gasteiger partial charge in [0.05, 0.1) is 12.2 Å². The van der Waals surface area contributed by atoms with Crippen LogP contribution < -0.4 is 5.32 Å². The molecule has 2 aromatic rings. The maximum absolute atomic E-state index is 12.2. The van der Waals surface area contributed by atoms with Gasteiger partial charge in [-0.05, 0) is 43.5 Å². The van der Waals surface area contributed by atoms with Crippen LogP contribution in [0, 0.1) is 18.3 Å². The molecule has 1 amide bonds. The molecule has 0 saturated heterocycles. The van der Waals surface area contributed by atoms with Crippen molar-refractivity contribution in [1.82, 2.24) is 0 Å². The van der Waals surface area contributed by atoms with E-state index in [1.807, 2.05) is 18.2 Å². The van der Waals surface area contributed by atoms with Crippen LogP contribution in [0.15, 0.2) is 24.3 Å². The van der Waals surface area contributed by atoms with Crippen LogP contribution in [0.5, 0.6) is 0 Å². The van der Waals surface area contributed by atoms with E-state index in [0.717, 1.165) is 16.9 Å². The van der Waals surface area contributed by atoms with Gasteiger partial charge in [0.1, 0.15) is 15.9 Å². The van der Waals surface area contributed by atoms with Crippen LogP contribution in [0.2, 0.25) is 5.02 Å². The highest BCUT2D eigenvalue weighted by molar-refractivity contribution is 7.18. The molecule has 1 aromatic heterocycles. The second-order valence-corrected chi connectivity index (χ2v) is 6.72. The second-order valence-electron chi connectivity index (χ2n) is 5.27. The van der Waals surface area contributed by atoms with Crippen LogP contribution in [0.25, 0.3) is 0 Å². The Kier molecular flexibility index (Phi) is 6.57. The highest BCUT2D eigenvalue weighted by atomic mass is 35.5. The lowest BCUT2D eigenvalue weighted by Gasteiger charge is -2.04. The van der Waals surface area contributed by atoms with Crippen molar-refractivity contribution in [2.45, 2.75) is 26.7 Å². The molecule has 0 aliphatic carbocycles. The van der Waals surface area contributed by atoms with Gasteiger partial charge in [-0.2, -0.15) is 5.26 Å². The molecule has 0 unspecified atom stereocenters. The largest absolute Gasteiger partial charge is 0.462 e. The average molecular weight is 377 g/mol. The molecule has 0 aliphatic rings. The molecule has 5 nitrogen and oxygen atoms in total. The molecule has 0 fully saturated rings. The highest BCUT2D eigenvalue weighted by Crippen LogP contribution is 2.33. The third kappa shape index (κ3) is 4.81. The van der Waals surface area contributed by atoms with Crippen molar-refractivity contribution in [2.24, 2.45) is 0 Å². The van der Waals surface area contributed by atoms with Crippen molar-refractivity contribution in [3.05, 3.63) is 50.9 Å². The van der Waals surface area contributed by atoms with E-state index in [9.17, 15) is 14.9 Å². The summed E-state index contributed by atoms with van der Waals surface area (Å²) < 4.78 is 4.98. The van der Waals surface area contributed by atoms with Gasteiger partial charge < -0.3 is 10.1 Å². The molecule has 1 heterocycles. The third-order valence-electron chi connectivity index (χ3n) is 3.53. The zero-order valence-corrected chi connectivity index (χ0v) is 15.5. The van der Waals surface area contributed by atoms with Crippen LogP contribution in [0.1, 0.15) is 39.7 Å². The Hall–Kier alpha value is -2.36. The van der Waals surface area contributed by atoms with E-state index in [2.05, 4.69) is 5.32 Å². The topological polar surface area (TPSA) is 79.2 Å². The summed E-state index contributed by atoms with van der Waals surface area (Å²) in [5.41, 5.74) is 1.82. The van der Waals surface area contributed by atoms with Crippen molar-refractivity contribution in [3.8, 4) is 6.07 Å². The number of ether oxygens (including phenoxy) is 1. The number of aryl methyl sites for hydroxylation is 1. The first-order valence-electron chi connectivity index (χ1n) is 7.71. The Balaban J connectivity index is 2.07. The summed E-state index contributed by atoms with van der Waals surface area (Å²) in [6.07, 6.45) is 0.818. The van der Waals surface area contributed by atoms with Crippen molar-refractivity contribution >= 4 is 39.8 Å². The number of hydrogen-bond donors (Lipinski definition) is 1. The number of anilines is 1. The predicted octanol–water partition coefficient (Wildman–Crippen LogP) is 4.33. The summed E-state index contributed by atoms with van der Waals surface area (Å²) in [5.74, 6) is -0.703. The monoisotopic (exact) mass is 376 g/mol. The first kappa shape index (κ1) is 19.0. The van der Waals surface area contributed by atoms with Gasteiger partial charge in [-0.1, -0.05) is 23.7 Å². The predicted molar refractivity (Wildman–Crippen MR) is 98.1 cm³/mol. The van der Waals surface area contributed by atoms with Gasteiger partial charge >= 0.3 is 5.97 Å². The highest BCUT2D eigenvalue weighted by Gasteiger charge is 2.22. The molecule has 2 rings (SSSR count). The lowest BCUT2D eigenvalue weighted by molar-refractivity contribution is -0.116. The van der Waals surface area contributed by atoms with E-state index in [-0.39, 0.29) is 18.9 Å². The number of thiophene rings is 1. The Morgan fingerprint density at radius 2 is 2.00 bits per heavy atom. The van der Waals surface area contributed by atoms with Crippen molar-refractivity contribution in [1.29, 1.82) is 5.26 Å². The van der Waals surface area contributed by atoms with Crippen LogP contribution in [0.4, 0.5) is 5.00 Å². The summed E-state index contributed by atoms with van der Waals surface area (Å²) >= 11 is 6.90. The molecular formula is C18H17ClN2O3S. The molecular weight excluding hydrogens is 360 g/mol. The van der Waals surface area contributed by atoms with Gasteiger partial charge in [0, 0.05) is 11.4 Å². The molecule has 0 atom stereocenters. The maximum atomic E-state index is 12.2. The van der Waals surface area contributed by atoms with Gasteiger partial charge in [0.25, 0.3) is 0 Å². The lowest BCUT2D eigenvalue weighted by atomic mass is 10.1. The van der Waals surface area contributed by atoms with Gasteiger partial charge in [0.2, 0.25) is 5.91 Å². The summed E-state index contributed by atoms with van der Waals surface area (Å²) in [4.78, 5) is 24.4. The van der Waals surface area contributed by atoms with Gasteiger partial charge in [0.15, 0.2) is 0 Å². The average Bonchev–Trinajstić information content (AvgIpc) is 2.90. The van der Waals surface area contributed by atoms with E-state index >= 15 is 0 Å². The number of hydrogen-bond acceptors (Lipinski definition) is 5. The summed E-state index contributed by atoms with van der Waals surface area (Å²) in [7, 11) is 0. The van der Waals surface area contributed by atoms with E-state index in [4.69, 9.17) is 16.3 Å². The lowest BCUT2D eigenvalue weighted by Crippen LogP contribution is -2.12. The number of nitriles is 1. The fourth-order valence-electron chi connectivity index (χ4n) is 2.23. The number of carbonyl (C=O) groups is 2. The quantitative estimate of drug-likeness (QED) is 0.761. The first-order chi connectivity index (χ1) is 12.0. The van der Waals surface area contributed by atoms with E-state index in [0.29, 0.717) is 32.4 Å². The van der Waals surface area contributed by atoms with Crippen molar-refractivity contribution in [3.63, 3.8) is 0 Å². The number of carbonyl (C=O) groups excluding carboxylic acids is 2. The number of halogens is 1. The molecule has 25 heavy (non-hydrogen) atoms. The smallest absolute Gasteiger partial charge is 0.348 e. The molecule has 0 radical (unpaired) electrons. The van der Waals surface area contributed by atoms with E-state index in [1.165, 1.54) is 0 Å². The van der Waals surface area contributed by atoms with Gasteiger partial charge in [-0.25, -0.2) is 4.79 Å². The number of benzene rings is 1. The minimum atomic E-state index is -0.483. The number of esters is 1. The minimum absolute atomic E-state index is 0.219. The van der Waals surface area contributed by atoms with Crippen molar-refractivity contribution < 1.29 is 14.3 Å². The fourth-order valence-corrected chi connectivity index (χ4v) is 3.42. The second kappa shape index (κ2) is 8.65. The summed E-state index contributed by atoms with van der Waals surface area (Å²) in [5, 5.41) is 13.1. The van der Waals surface area contributed by atoms with E-state index < -0.39 is 5.97 Å². The summed E-state index contributed by atoms with van der Waals surface area (Å²) in [6.45, 7) is 3.64. The third-order valence-corrected chi connectivity index (χ3v) is 4.97. The van der Waals surface area contributed by atoms with Crippen LogP contribution >= 0.6 is 22.9 Å². The normalized spacial score (nSPS) is 10.2. The first-order valence-corrected chi connectivity index (χ1v) is 8.90. The number of nitrogens with zero attached hydrogens (tertiary/aromatic N) is 1. The van der Waals surface area contributed by atoms with Crippen LogP contribution in [-0.4, -0.2) is 18.5 Å². The molecule has 1 aromatic carbocycles. The number of nitrogens with one attached hydrogen (secondary N) is 1. The SMILES string of the molecule is CCOC(=O)c1sc(NC(=O)CCc2ccc(Cl)cc2)c(C#N)c1C. The number of rotatable bonds is 6. The zero-order valence-electron chi connectivity index (χ0n) is 13.9. The molecule has 130 valence electrons. The Labute approximate surface area is 155 Å². The van der Waals surface area contributed by atoms with Crippen molar-refractivity contribution in [2.75, 3.05) is 11.9 Å².